The minimum absolute atomic E-state index is 0.124. The molecular weight excluding hydrogens is 537 g/mol. The highest BCUT2D eigenvalue weighted by Gasteiger charge is 2.22. The molecule has 0 aliphatic rings. The van der Waals surface area contributed by atoms with Gasteiger partial charge in [0.05, 0.1) is 18.0 Å². The fourth-order valence-corrected chi connectivity index (χ4v) is 6.34. The molecule has 0 atom stereocenters. The van der Waals surface area contributed by atoms with Crippen molar-refractivity contribution < 1.29 is 9.13 Å². The van der Waals surface area contributed by atoms with E-state index in [4.69, 9.17) is 33.5 Å². The lowest BCUT2D eigenvalue weighted by molar-refractivity contribution is 0.339. The fraction of sp³-hybridized carbons (Fsp3) is 0.115. The van der Waals surface area contributed by atoms with Crippen LogP contribution in [-0.2, 0) is 5.75 Å². The van der Waals surface area contributed by atoms with Gasteiger partial charge in [0.2, 0.25) is 0 Å². The highest BCUT2D eigenvalue weighted by atomic mass is 35.5. The number of nitrogens with zero attached hydrogens (tertiary/aromatic N) is 3. The van der Waals surface area contributed by atoms with Crippen LogP contribution in [0.15, 0.2) is 82.7 Å². The van der Waals surface area contributed by atoms with Gasteiger partial charge < -0.3 is 4.74 Å². The molecule has 0 aliphatic carbocycles. The van der Waals surface area contributed by atoms with Crippen LogP contribution in [0.4, 0.5) is 4.39 Å². The predicted molar refractivity (Wildman–Crippen MR) is 148 cm³/mol. The van der Waals surface area contributed by atoms with Crippen LogP contribution >= 0.6 is 46.9 Å². The van der Waals surface area contributed by atoms with Crippen LogP contribution in [0, 0.1) is 9.77 Å². The number of thioether (sulfide) groups is 1. The van der Waals surface area contributed by atoms with Gasteiger partial charge in [-0.25, -0.2) is 9.37 Å². The van der Waals surface area contributed by atoms with Crippen molar-refractivity contribution in [3.05, 3.63) is 104 Å². The average molecular weight is 556 g/mol. The molecule has 0 fully saturated rings. The van der Waals surface area contributed by atoms with Gasteiger partial charge in [-0.1, -0.05) is 77.2 Å². The zero-order chi connectivity index (χ0) is 25.2. The Kier molecular flexibility index (Phi) is 7.25. The van der Waals surface area contributed by atoms with Gasteiger partial charge in [0.15, 0.2) is 14.8 Å². The summed E-state index contributed by atoms with van der Waals surface area (Å²) in [7, 11) is 0. The van der Waals surface area contributed by atoms with Gasteiger partial charge in [0.1, 0.15) is 16.3 Å². The monoisotopic (exact) mass is 555 g/mol. The Hall–Kier alpha value is -2.98. The largest absolute Gasteiger partial charge is 0.492 e. The van der Waals surface area contributed by atoms with Gasteiger partial charge in [0.25, 0.3) is 5.56 Å². The number of thiazole rings is 1. The van der Waals surface area contributed by atoms with Crippen molar-refractivity contribution in [2.75, 3.05) is 6.61 Å². The van der Waals surface area contributed by atoms with Gasteiger partial charge in [-0.15, -0.1) is 0 Å². The first-order chi connectivity index (χ1) is 17.5. The van der Waals surface area contributed by atoms with Crippen molar-refractivity contribution in [3.63, 3.8) is 0 Å². The molecule has 5 nitrogen and oxygen atoms in total. The summed E-state index contributed by atoms with van der Waals surface area (Å²) in [6, 6.07) is 21.1. The van der Waals surface area contributed by atoms with E-state index >= 15 is 0 Å². The standard InChI is InChI=1S/C26H19ClFN3O2S3/c1-2-33-21-14-8-7-13-20(21)30-23-22(36-26(30)34)24(32)31(19-12-6-5-11-18(19)28)25(29-23)35-15-16-9-3-4-10-17(16)27/h3-14H,2,15H2,1H3. The van der Waals surface area contributed by atoms with E-state index in [2.05, 4.69) is 0 Å². The smallest absolute Gasteiger partial charge is 0.278 e. The maximum absolute atomic E-state index is 14.9. The Morgan fingerprint density at radius 2 is 1.72 bits per heavy atom. The first-order valence-electron chi connectivity index (χ1n) is 11.0. The number of rotatable bonds is 7. The molecule has 36 heavy (non-hydrogen) atoms. The minimum atomic E-state index is -0.523. The molecule has 0 amide bonds. The summed E-state index contributed by atoms with van der Waals surface area (Å²) in [6.45, 7) is 2.37. The van der Waals surface area contributed by atoms with Crippen LogP contribution in [-0.4, -0.2) is 20.7 Å². The normalized spacial score (nSPS) is 11.2. The Morgan fingerprint density at radius 3 is 2.47 bits per heavy atom. The third-order valence-corrected chi connectivity index (χ3v) is 8.10. The molecule has 0 radical (unpaired) electrons. The van der Waals surface area contributed by atoms with E-state index in [0.29, 0.717) is 48.3 Å². The van der Waals surface area contributed by atoms with Gasteiger partial charge in [-0.2, -0.15) is 0 Å². The maximum atomic E-state index is 14.9. The quantitative estimate of drug-likeness (QED) is 0.119. The first-order valence-corrected chi connectivity index (χ1v) is 13.6. The topological polar surface area (TPSA) is 49.0 Å². The van der Waals surface area contributed by atoms with Crippen LogP contribution in [0.25, 0.3) is 21.7 Å². The van der Waals surface area contributed by atoms with Crippen LogP contribution < -0.4 is 10.3 Å². The summed E-state index contributed by atoms with van der Waals surface area (Å²) in [5.74, 6) is 0.540. The summed E-state index contributed by atoms with van der Waals surface area (Å²) in [5.41, 5.74) is 1.70. The third kappa shape index (κ3) is 4.59. The second kappa shape index (κ2) is 10.6. The molecule has 2 aromatic heterocycles. The molecule has 5 rings (SSSR count). The van der Waals surface area contributed by atoms with Crippen molar-refractivity contribution in [2.45, 2.75) is 17.8 Å². The highest BCUT2D eigenvalue weighted by molar-refractivity contribution is 7.98. The van der Waals surface area contributed by atoms with Gasteiger partial charge in [0, 0.05) is 10.8 Å². The lowest BCUT2D eigenvalue weighted by Gasteiger charge is -2.15. The number of fused-ring (bicyclic) bond motifs is 1. The van der Waals surface area contributed by atoms with Crippen LogP contribution in [0.5, 0.6) is 5.75 Å². The molecule has 0 unspecified atom stereocenters. The SMILES string of the molecule is CCOc1ccccc1-n1c(=S)sc2c(=O)n(-c3ccccc3F)c(SCc3ccccc3Cl)nc21. The Morgan fingerprint density at radius 1 is 1.03 bits per heavy atom. The summed E-state index contributed by atoms with van der Waals surface area (Å²) in [4.78, 5) is 18.7. The second-order valence-electron chi connectivity index (χ2n) is 7.62. The Bertz CT molecular complexity index is 1700. The van der Waals surface area contributed by atoms with Gasteiger partial charge >= 0.3 is 0 Å². The summed E-state index contributed by atoms with van der Waals surface area (Å²) in [5, 5.41) is 0.933. The maximum Gasteiger partial charge on any atom is 0.278 e. The average Bonchev–Trinajstić information content (AvgIpc) is 3.21. The predicted octanol–water partition coefficient (Wildman–Crippen LogP) is 7.45. The van der Waals surface area contributed by atoms with Crippen molar-refractivity contribution in [1.29, 1.82) is 0 Å². The van der Waals surface area contributed by atoms with Gasteiger partial charge in [-0.3, -0.25) is 13.9 Å². The number of aromatic nitrogens is 3. The van der Waals surface area contributed by atoms with Crippen molar-refractivity contribution in [2.24, 2.45) is 0 Å². The van der Waals surface area contributed by atoms with E-state index in [-0.39, 0.29) is 5.69 Å². The zero-order valence-electron chi connectivity index (χ0n) is 19.0. The number of ether oxygens (including phenoxy) is 1. The molecule has 10 heteroatoms. The molecule has 182 valence electrons. The lowest BCUT2D eigenvalue weighted by Crippen LogP contribution is -2.22. The molecule has 5 aromatic rings. The van der Waals surface area contributed by atoms with Crippen LogP contribution in [0.1, 0.15) is 12.5 Å². The minimum Gasteiger partial charge on any atom is -0.492 e. The van der Waals surface area contributed by atoms with E-state index in [1.807, 2.05) is 49.4 Å². The molecule has 0 spiro atoms. The molecule has 0 aliphatic heterocycles. The molecule has 0 N–H and O–H groups in total. The summed E-state index contributed by atoms with van der Waals surface area (Å²) >= 11 is 14.5. The van der Waals surface area contributed by atoms with Crippen molar-refractivity contribution in [3.8, 4) is 17.1 Å². The van der Waals surface area contributed by atoms with Crippen LogP contribution in [0.2, 0.25) is 5.02 Å². The molecule has 2 heterocycles. The molecule has 0 saturated carbocycles. The van der Waals surface area contributed by atoms with Crippen molar-refractivity contribution >= 4 is 57.3 Å². The van der Waals surface area contributed by atoms with E-state index in [0.717, 1.165) is 16.9 Å². The van der Waals surface area contributed by atoms with Gasteiger partial charge in [-0.05, 0) is 55.0 Å². The zero-order valence-corrected chi connectivity index (χ0v) is 22.2. The number of benzene rings is 3. The van der Waals surface area contributed by atoms with E-state index < -0.39 is 11.4 Å². The number of para-hydroxylation sites is 3. The second-order valence-corrected chi connectivity index (χ2v) is 10.6. The van der Waals surface area contributed by atoms with Crippen LogP contribution in [0.3, 0.4) is 0 Å². The molecule has 0 bridgehead atoms. The number of hydrogen-bond acceptors (Lipinski definition) is 6. The number of hydrogen-bond donors (Lipinski definition) is 0. The van der Waals surface area contributed by atoms with Crippen molar-refractivity contribution in [1.82, 2.24) is 14.1 Å². The Labute approximate surface area is 224 Å². The highest BCUT2D eigenvalue weighted by Crippen LogP contribution is 2.33. The molecule has 0 saturated heterocycles. The fourth-order valence-electron chi connectivity index (χ4n) is 3.77. The third-order valence-electron chi connectivity index (χ3n) is 5.39. The first kappa shape index (κ1) is 24.7. The lowest BCUT2D eigenvalue weighted by atomic mass is 10.2. The molecular formula is C26H19ClFN3O2S3. The Balaban J connectivity index is 1.76. The summed E-state index contributed by atoms with van der Waals surface area (Å²) in [6.07, 6.45) is 0. The van der Waals surface area contributed by atoms with E-state index in [9.17, 15) is 9.18 Å². The molecule has 3 aromatic carbocycles. The van der Waals surface area contributed by atoms with E-state index in [1.165, 1.54) is 22.4 Å². The summed E-state index contributed by atoms with van der Waals surface area (Å²) < 4.78 is 24.5. The van der Waals surface area contributed by atoms with E-state index in [1.54, 1.807) is 28.8 Å². The number of halogens is 2.